The van der Waals surface area contributed by atoms with Crippen molar-refractivity contribution in [2.75, 3.05) is 23.8 Å². The molecule has 9 nitrogen and oxygen atoms in total. The number of benzene rings is 3. The van der Waals surface area contributed by atoms with E-state index in [-0.39, 0.29) is 11.5 Å². The van der Waals surface area contributed by atoms with E-state index in [4.69, 9.17) is 9.47 Å². The zero-order chi connectivity index (χ0) is 24.7. The molecule has 0 fully saturated rings. The van der Waals surface area contributed by atoms with Gasteiger partial charge in [0.05, 0.1) is 6.61 Å². The molecule has 0 atom stereocenters. The fraction of sp³-hybridized carbons (Fsp3) is 0.160. The molecule has 9 heteroatoms. The third-order valence-electron chi connectivity index (χ3n) is 4.76. The zero-order valence-electron chi connectivity index (χ0n) is 18.6. The van der Waals surface area contributed by atoms with Gasteiger partial charge < -0.3 is 30.3 Å². The molecule has 0 unspecified atom stereocenters. The summed E-state index contributed by atoms with van der Waals surface area (Å²) in [5.74, 6) is -2.22. The molecule has 0 aliphatic rings. The number of phenolic OH excluding ortho intramolecular Hbond substituents is 2. The minimum Gasteiger partial charge on any atom is -0.504 e. The Morgan fingerprint density at radius 3 is 2.09 bits per heavy atom. The van der Waals surface area contributed by atoms with Crippen LogP contribution in [-0.2, 0) is 9.53 Å². The maximum Gasteiger partial charge on any atom is 0.342 e. The second-order valence-corrected chi connectivity index (χ2v) is 7.24. The summed E-state index contributed by atoms with van der Waals surface area (Å²) in [6.07, 6.45) is 0. The van der Waals surface area contributed by atoms with Crippen LogP contribution in [0.5, 0.6) is 17.2 Å². The van der Waals surface area contributed by atoms with Crippen LogP contribution >= 0.6 is 0 Å². The summed E-state index contributed by atoms with van der Waals surface area (Å²) in [7, 11) is 0. The molecule has 176 valence electrons. The van der Waals surface area contributed by atoms with Gasteiger partial charge in [-0.15, -0.1) is 0 Å². The normalized spacial score (nSPS) is 10.3. The number of anilines is 2. The summed E-state index contributed by atoms with van der Waals surface area (Å²) < 4.78 is 10.3. The van der Waals surface area contributed by atoms with Gasteiger partial charge in [-0.2, -0.15) is 0 Å². The van der Waals surface area contributed by atoms with Gasteiger partial charge in [-0.1, -0.05) is 6.07 Å². The number of carbonyl (C=O) groups excluding carboxylic acids is 3. The number of hydrogen-bond donors (Lipinski definition) is 4. The maximum atomic E-state index is 12.4. The molecular formula is C25H24N2O7. The molecule has 0 heterocycles. The van der Waals surface area contributed by atoms with Crippen molar-refractivity contribution in [2.45, 2.75) is 13.8 Å². The molecule has 0 saturated carbocycles. The lowest BCUT2D eigenvalue weighted by Crippen LogP contribution is -2.21. The van der Waals surface area contributed by atoms with Crippen LogP contribution in [0.25, 0.3) is 0 Å². The molecule has 3 rings (SSSR count). The largest absolute Gasteiger partial charge is 0.504 e. The standard InChI is InChI=1S/C25H24N2O7/c1-3-33-19-11-9-18(10-12-19)27-24(31)16-5-7-17(8-6-16)26-21(28)14-34-25(32)20-13-4-15(2)22(29)23(20)30/h4-13,29-30H,3,14H2,1-2H3,(H,26,28)(H,27,31). The highest BCUT2D eigenvalue weighted by molar-refractivity contribution is 6.04. The summed E-state index contributed by atoms with van der Waals surface area (Å²) in [6, 6.07) is 15.9. The predicted octanol–water partition coefficient (Wildman–Crippen LogP) is 3.85. The number of ether oxygens (including phenoxy) is 2. The van der Waals surface area contributed by atoms with Crippen molar-refractivity contribution in [1.82, 2.24) is 0 Å². The Morgan fingerprint density at radius 2 is 1.44 bits per heavy atom. The minimum absolute atomic E-state index is 0.251. The van der Waals surface area contributed by atoms with Crippen molar-refractivity contribution >= 4 is 29.2 Å². The fourth-order valence-electron chi connectivity index (χ4n) is 2.96. The Bertz CT molecular complexity index is 1190. The Balaban J connectivity index is 1.51. The highest BCUT2D eigenvalue weighted by atomic mass is 16.5. The first kappa shape index (κ1) is 24.1. The molecule has 3 aromatic carbocycles. The summed E-state index contributed by atoms with van der Waals surface area (Å²) in [5, 5.41) is 24.9. The second kappa shape index (κ2) is 10.9. The van der Waals surface area contributed by atoms with Crippen molar-refractivity contribution in [1.29, 1.82) is 0 Å². The maximum absolute atomic E-state index is 12.4. The van der Waals surface area contributed by atoms with Gasteiger partial charge in [0.15, 0.2) is 18.1 Å². The number of phenols is 2. The van der Waals surface area contributed by atoms with E-state index in [0.717, 1.165) is 0 Å². The number of nitrogens with one attached hydrogen (secondary N) is 2. The van der Waals surface area contributed by atoms with Gasteiger partial charge in [0.1, 0.15) is 11.3 Å². The monoisotopic (exact) mass is 464 g/mol. The van der Waals surface area contributed by atoms with Gasteiger partial charge in [-0.25, -0.2) is 4.79 Å². The van der Waals surface area contributed by atoms with E-state index in [1.807, 2.05) is 6.92 Å². The molecule has 0 bridgehead atoms. The molecule has 0 aromatic heterocycles. The van der Waals surface area contributed by atoms with E-state index >= 15 is 0 Å². The zero-order valence-corrected chi connectivity index (χ0v) is 18.6. The van der Waals surface area contributed by atoms with Crippen LogP contribution in [0.1, 0.15) is 33.2 Å². The number of aryl methyl sites for hydroxylation is 1. The first-order valence-corrected chi connectivity index (χ1v) is 10.4. The van der Waals surface area contributed by atoms with Crippen molar-refractivity contribution in [3.05, 3.63) is 77.4 Å². The lowest BCUT2D eigenvalue weighted by atomic mass is 10.1. The number of carbonyl (C=O) groups is 3. The first-order chi connectivity index (χ1) is 16.3. The van der Waals surface area contributed by atoms with E-state index in [1.54, 1.807) is 43.3 Å². The quantitative estimate of drug-likeness (QED) is 0.294. The molecule has 34 heavy (non-hydrogen) atoms. The van der Waals surface area contributed by atoms with Crippen molar-refractivity contribution in [2.24, 2.45) is 0 Å². The van der Waals surface area contributed by atoms with Crippen LogP contribution in [0.3, 0.4) is 0 Å². The highest BCUT2D eigenvalue weighted by Crippen LogP contribution is 2.32. The Labute approximate surface area is 196 Å². The number of rotatable bonds is 8. The molecule has 2 amide bonds. The molecular weight excluding hydrogens is 440 g/mol. The van der Waals surface area contributed by atoms with E-state index in [2.05, 4.69) is 10.6 Å². The smallest absolute Gasteiger partial charge is 0.342 e. The predicted molar refractivity (Wildman–Crippen MR) is 125 cm³/mol. The van der Waals surface area contributed by atoms with Gasteiger partial charge in [-0.3, -0.25) is 9.59 Å². The summed E-state index contributed by atoms with van der Waals surface area (Å²) >= 11 is 0. The molecule has 0 radical (unpaired) electrons. The van der Waals surface area contributed by atoms with E-state index in [1.165, 1.54) is 24.3 Å². The third kappa shape index (κ3) is 6.04. The summed E-state index contributed by atoms with van der Waals surface area (Å²) in [5.41, 5.74) is 1.53. The van der Waals surface area contributed by atoms with Gasteiger partial charge >= 0.3 is 5.97 Å². The van der Waals surface area contributed by atoms with Crippen molar-refractivity contribution in [3.63, 3.8) is 0 Å². The first-order valence-electron chi connectivity index (χ1n) is 10.4. The average molecular weight is 464 g/mol. The Kier molecular flexibility index (Phi) is 7.71. The van der Waals surface area contributed by atoms with E-state index < -0.39 is 30.0 Å². The molecule has 0 aliphatic carbocycles. The SMILES string of the molecule is CCOc1ccc(NC(=O)c2ccc(NC(=O)COC(=O)c3ccc(C)c(O)c3O)cc2)cc1. The Morgan fingerprint density at radius 1 is 0.824 bits per heavy atom. The highest BCUT2D eigenvalue weighted by Gasteiger charge is 2.18. The Hall–Kier alpha value is -4.53. The lowest BCUT2D eigenvalue weighted by molar-refractivity contribution is -0.119. The topological polar surface area (TPSA) is 134 Å². The van der Waals surface area contributed by atoms with Crippen molar-refractivity contribution < 1.29 is 34.1 Å². The van der Waals surface area contributed by atoms with Crippen LogP contribution in [-0.4, -0.2) is 41.2 Å². The molecule has 0 saturated heterocycles. The average Bonchev–Trinajstić information content (AvgIpc) is 2.83. The third-order valence-corrected chi connectivity index (χ3v) is 4.76. The van der Waals surface area contributed by atoms with Crippen LogP contribution in [0, 0.1) is 6.92 Å². The van der Waals surface area contributed by atoms with Gasteiger partial charge in [0.2, 0.25) is 0 Å². The van der Waals surface area contributed by atoms with Gasteiger partial charge in [0, 0.05) is 16.9 Å². The van der Waals surface area contributed by atoms with Crippen molar-refractivity contribution in [3.8, 4) is 17.2 Å². The van der Waals surface area contributed by atoms with E-state index in [0.29, 0.717) is 34.9 Å². The van der Waals surface area contributed by atoms with Crippen LogP contribution in [0.2, 0.25) is 0 Å². The van der Waals surface area contributed by atoms with Gasteiger partial charge in [-0.05, 0) is 74.0 Å². The number of aromatic hydroxyl groups is 2. The van der Waals surface area contributed by atoms with Crippen LogP contribution < -0.4 is 15.4 Å². The van der Waals surface area contributed by atoms with Crippen LogP contribution in [0.15, 0.2) is 60.7 Å². The molecule has 3 aromatic rings. The number of esters is 1. The molecule has 0 aliphatic heterocycles. The fourth-order valence-corrected chi connectivity index (χ4v) is 2.96. The second-order valence-electron chi connectivity index (χ2n) is 7.24. The van der Waals surface area contributed by atoms with Crippen LogP contribution in [0.4, 0.5) is 11.4 Å². The molecule has 0 spiro atoms. The molecule has 4 N–H and O–H groups in total. The van der Waals surface area contributed by atoms with E-state index in [9.17, 15) is 24.6 Å². The lowest BCUT2D eigenvalue weighted by Gasteiger charge is -2.10. The van der Waals surface area contributed by atoms with Gasteiger partial charge in [0.25, 0.3) is 11.8 Å². The summed E-state index contributed by atoms with van der Waals surface area (Å²) in [4.78, 5) is 36.6. The summed E-state index contributed by atoms with van der Waals surface area (Å²) in [6.45, 7) is 3.40. The number of hydrogen-bond acceptors (Lipinski definition) is 7. The minimum atomic E-state index is -0.954. The number of amides is 2.